The first-order valence-corrected chi connectivity index (χ1v) is 6.23. The van der Waals surface area contributed by atoms with Crippen LogP contribution in [0.25, 0.3) is 0 Å². The van der Waals surface area contributed by atoms with E-state index in [4.69, 9.17) is 9.84 Å². The third-order valence-corrected chi connectivity index (χ3v) is 3.48. The van der Waals surface area contributed by atoms with Crippen LogP contribution in [0.1, 0.15) is 16.8 Å². The molecule has 0 spiro atoms. The molecule has 0 bridgehead atoms. The zero-order valence-electron chi connectivity index (χ0n) is 9.72. The summed E-state index contributed by atoms with van der Waals surface area (Å²) in [4.78, 5) is 24.2. The average Bonchev–Trinajstić information content (AvgIpc) is 2.63. The van der Waals surface area contributed by atoms with Crippen molar-refractivity contribution in [2.24, 2.45) is 0 Å². The minimum absolute atomic E-state index is 0.0809. The number of rotatable bonds is 3. The van der Waals surface area contributed by atoms with E-state index >= 15 is 0 Å². The summed E-state index contributed by atoms with van der Waals surface area (Å²) in [6, 6.07) is 4.49. The van der Waals surface area contributed by atoms with Crippen LogP contribution in [0.2, 0.25) is 0 Å². The molecule has 6 heteroatoms. The number of halogens is 1. The van der Waals surface area contributed by atoms with Crippen molar-refractivity contribution < 1.29 is 19.4 Å². The summed E-state index contributed by atoms with van der Waals surface area (Å²) >= 11 is 3.28. The van der Waals surface area contributed by atoms with Crippen molar-refractivity contribution >= 4 is 27.8 Å². The number of hydrogen-bond donors (Lipinski definition) is 1. The first-order chi connectivity index (χ1) is 8.49. The Hall–Kier alpha value is -1.56. The van der Waals surface area contributed by atoms with E-state index in [1.54, 1.807) is 18.0 Å². The van der Waals surface area contributed by atoms with Crippen molar-refractivity contribution in [2.45, 2.75) is 12.5 Å². The molecule has 1 aromatic carbocycles. The number of benzene rings is 1. The van der Waals surface area contributed by atoms with E-state index in [1.165, 1.54) is 12.1 Å². The second-order valence-corrected chi connectivity index (χ2v) is 4.96. The number of carbonyl (C=O) groups excluding carboxylic acids is 1. The van der Waals surface area contributed by atoms with Crippen LogP contribution in [0.3, 0.4) is 0 Å². The fourth-order valence-corrected chi connectivity index (χ4v) is 2.12. The van der Waals surface area contributed by atoms with Crippen molar-refractivity contribution in [3.05, 3.63) is 28.2 Å². The lowest BCUT2D eigenvalue weighted by Gasteiger charge is -2.14. The van der Waals surface area contributed by atoms with Crippen LogP contribution in [0.4, 0.5) is 0 Å². The fraction of sp³-hybridized carbons (Fsp3) is 0.333. The van der Waals surface area contributed by atoms with Gasteiger partial charge in [0.2, 0.25) is 0 Å². The van der Waals surface area contributed by atoms with Crippen LogP contribution in [-0.4, -0.2) is 41.6 Å². The molecule has 1 aliphatic heterocycles. The summed E-state index contributed by atoms with van der Waals surface area (Å²) in [5.41, 5.74) is 0.131. The molecule has 18 heavy (non-hydrogen) atoms. The minimum Gasteiger partial charge on any atom is -0.479 e. The SMILES string of the molecule is CN1CCC(Oc2cc(C(=O)O)ccc2Br)C1=O. The Bertz CT molecular complexity index is 503. The van der Waals surface area contributed by atoms with Gasteiger partial charge in [-0.05, 0) is 34.1 Å². The highest BCUT2D eigenvalue weighted by atomic mass is 79.9. The molecule has 1 aliphatic rings. The molecule has 1 atom stereocenters. The van der Waals surface area contributed by atoms with Gasteiger partial charge in [0.1, 0.15) is 5.75 Å². The maximum atomic E-state index is 11.7. The Morgan fingerprint density at radius 3 is 2.83 bits per heavy atom. The molecule has 0 radical (unpaired) electrons. The summed E-state index contributed by atoms with van der Waals surface area (Å²) in [5, 5.41) is 8.91. The molecule has 0 saturated carbocycles. The van der Waals surface area contributed by atoms with Gasteiger partial charge < -0.3 is 14.7 Å². The number of likely N-dealkylation sites (N-methyl/N-ethyl adjacent to an activating group) is 1. The fourth-order valence-electron chi connectivity index (χ4n) is 1.78. The number of carboxylic acids is 1. The highest BCUT2D eigenvalue weighted by Crippen LogP contribution is 2.28. The zero-order valence-corrected chi connectivity index (χ0v) is 11.3. The Morgan fingerprint density at radius 1 is 1.56 bits per heavy atom. The molecule has 0 aromatic heterocycles. The van der Waals surface area contributed by atoms with Crippen LogP contribution in [0.15, 0.2) is 22.7 Å². The van der Waals surface area contributed by atoms with E-state index < -0.39 is 12.1 Å². The van der Waals surface area contributed by atoms with Crippen molar-refractivity contribution in [1.82, 2.24) is 4.90 Å². The van der Waals surface area contributed by atoms with E-state index in [9.17, 15) is 9.59 Å². The topological polar surface area (TPSA) is 66.8 Å². The molecule has 5 nitrogen and oxygen atoms in total. The lowest BCUT2D eigenvalue weighted by Crippen LogP contribution is -2.29. The molecule has 2 rings (SSSR count). The minimum atomic E-state index is -1.03. The Balaban J connectivity index is 2.21. The molecule has 96 valence electrons. The molecule has 1 heterocycles. The lowest BCUT2D eigenvalue weighted by atomic mass is 10.2. The van der Waals surface area contributed by atoms with E-state index in [0.29, 0.717) is 23.2 Å². The number of carboxylic acid groups (broad SMARTS) is 1. The third kappa shape index (κ3) is 2.48. The van der Waals surface area contributed by atoms with Crippen LogP contribution in [-0.2, 0) is 4.79 Å². The number of nitrogens with zero attached hydrogens (tertiary/aromatic N) is 1. The van der Waals surface area contributed by atoms with Crippen LogP contribution in [0, 0.1) is 0 Å². The smallest absolute Gasteiger partial charge is 0.335 e. The quantitative estimate of drug-likeness (QED) is 0.923. The summed E-state index contributed by atoms with van der Waals surface area (Å²) in [6.07, 6.45) is 0.0781. The molecule has 1 aromatic rings. The monoisotopic (exact) mass is 313 g/mol. The summed E-state index contributed by atoms with van der Waals surface area (Å²) in [6.45, 7) is 0.653. The highest BCUT2D eigenvalue weighted by Gasteiger charge is 2.31. The largest absolute Gasteiger partial charge is 0.479 e. The van der Waals surface area contributed by atoms with Crippen LogP contribution < -0.4 is 4.74 Å². The first-order valence-electron chi connectivity index (χ1n) is 5.43. The summed E-state index contributed by atoms with van der Waals surface area (Å²) in [5.74, 6) is -0.728. The van der Waals surface area contributed by atoms with Gasteiger partial charge in [0.15, 0.2) is 6.10 Å². The third-order valence-electron chi connectivity index (χ3n) is 2.83. The molecular weight excluding hydrogens is 302 g/mol. The molecular formula is C12H12BrNO4. The van der Waals surface area contributed by atoms with Gasteiger partial charge in [0.05, 0.1) is 10.0 Å². The molecule has 1 N–H and O–H groups in total. The van der Waals surface area contributed by atoms with E-state index in [-0.39, 0.29) is 11.5 Å². The number of amides is 1. The predicted molar refractivity (Wildman–Crippen MR) is 67.8 cm³/mol. The van der Waals surface area contributed by atoms with Crippen LogP contribution >= 0.6 is 15.9 Å². The molecule has 1 fully saturated rings. The number of hydrogen-bond acceptors (Lipinski definition) is 3. The van der Waals surface area contributed by atoms with E-state index in [1.807, 2.05) is 0 Å². The van der Waals surface area contributed by atoms with Gasteiger partial charge >= 0.3 is 5.97 Å². The van der Waals surface area contributed by atoms with Gasteiger partial charge in [-0.25, -0.2) is 4.79 Å². The second kappa shape index (κ2) is 4.97. The predicted octanol–water partition coefficient (Wildman–Crippen LogP) is 1.76. The molecule has 1 unspecified atom stereocenters. The number of carbonyl (C=O) groups is 2. The van der Waals surface area contributed by atoms with Gasteiger partial charge in [-0.15, -0.1) is 0 Å². The Morgan fingerprint density at radius 2 is 2.28 bits per heavy atom. The van der Waals surface area contributed by atoms with Crippen LogP contribution in [0.5, 0.6) is 5.75 Å². The van der Waals surface area contributed by atoms with Crippen molar-refractivity contribution in [3.8, 4) is 5.75 Å². The Kier molecular flexibility index (Phi) is 3.56. The lowest BCUT2D eigenvalue weighted by molar-refractivity contribution is -0.132. The number of ether oxygens (including phenoxy) is 1. The number of likely N-dealkylation sites (tertiary alicyclic amines) is 1. The normalized spacial score (nSPS) is 19.1. The van der Waals surface area contributed by atoms with E-state index in [0.717, 1.165) is 0 Å². The van der Waals surface area contributed by atoms with Crippen molar-refractivity contribution in [2.75, 3.05) is 13.6 Å². The van der Waals surface area contributed by atoms with Crippen molar-refractivity contribution in [1.29, 1.82) is 0 Å². The molecule has 0 aliphatic carbocycles. The van der Waals surface area contributed by atoms with Crippen molar-refractivity contribution in [3.63, 3.8) is 0 Å². The van der Waals surface area contributed by atoms with Gasteiger partial charge in [-0.2, -0.15) is 0 Å². The zero-order chi connectivity index (χ0) is 13.3. The van der Waals surface area contributed by atoms with Gasteiger partial charge in [0.25, 0.3) is 5.91 Å². The maximum absolute atomic E-state index is 11.7. The summed E-state index contributed by atoms with van der Waals surface area (Å²) in [7, 11) is 1.72. The Labute approximate surface area is 112 Å². The standard InChI is InChI=1S/C12H12BrNO4/c1-14-5-4-9(11(14)15)18-10-6-7(12(16)17)2-3-8(10)13/h2-3,6,9H,4-5H2,1H3,(H,16,17). The number of aromatic carboxylic acids is 1. The maximum Gasteiger partial charge on any atom is 0.335 e. The first kappa shape index (κ1) is 12.9. The van der Waals surface area contributed by atoms with E-state index in [2.05, 4.69) is 15.9 Å². The average molecular weight is 314 g/mol. The second-order valence-electron chi connectivity index (χ2n) is 4.11. The van der Waals surface area contributed by atoms with Gasteiger partial charge in [0, 0.05) is 20.0 Å². The summed E-state index contributed by atoms with van der Waals surface area (Å²) < 4.78 is 6.21. The molecule has 1 saturated heterocycles. The highest BCUT2D eigenvalue weighted by molar-refractivity contribution is 9.10. The molecule has 1 amide bonds. The van der Waals surface area contributed by atoms with Gasteiger partial charge in [-0.3, -0.25) is 4.79 Å². The van der Waals surface area contributed by atoms with Gasteiger partial charge in [-0.1, -0.05) is 0 Å².